The van der Waals surface area contributed by atoms with Crippen molar-refractivity contribution in [3.63, 3.8) is 0 Å². The quantitative estimate of drug-likeness (QED) is 0.442. The number of H-pyrrole nitrogens is 1. The summed E-state index contributed by atoms with van der Waals surface area (Å²) in [7, 11) is 0. The first-order valence-electron chi connectivity index (χ1n) is 6.38. The fourth-order valence-electron chi connectivity index (χ4n) is 2.31. The number of aromatic amines is 1. The van der Waals surface area contributed by atoms with Crippen LogP contribution in [0, 0.1) is 13.1 Å². The van der Waals surface area contributed by atoms with Crippen LogP contribution in [0.5, 0.6) is 0 Å². The first kappa shape index (κ1) is 14.7. The number of nitrogens with zero attached hydrogens (tertiary/aromatic N) is 5. The van der Waals surface area contributed by atoms with Gasteiger partial charge in [-0.25, -0.2) is 9.78 Å². The Morgan fingerprint density at radius 3 is 2.52 bits per heavy atom. The van der Waals surface area contributed by atoms with Gasteiger partial charge in [0, 0.05) is 12.4 Å². The van der Waals surface area contributed by atoms with Crippen molar-refractivity contribution in [3.8, 4) is 11.5 Å². The van der Waals surface area contributed by atoms with Gasteiger partial charge in [-0.1, -0.05) is 0 Å². The van der Waals surface area contributed by atoms with Gasteiger partial charge in [-0.15, -0.1) is 11.6 Å². The molecule has 0 aliphatic carbocycles. The first-order valence-corrected chi connectivity index (χ1v) is 6.92. The van der Waals surface area contributed by atoms with E-state index in [-0.39, 0.29) is 35.3 Å². The lowest BCUT2D eigenvalue weighted by atomic mass is 10.2. The van der Waals surface area contributed by atoms with Crippen LogP contribution in [0.4, 0.5) is 11.4 Å². The van der Waals surface area contributed by atoms with E-state index in [0.717, 1.165) is 0 Å². The van der Waals surface area contributed by atoms with E-state index in [2.05, 4.69) is 24.6 Å². The minimum absolute atomic E-state index is 0.0197. The molecule has 0 bridgehead atoms. The largest absolute Gasteiger partial charge is 0.349 e. The Bertz CT molecular complexity index is 1100. The normalized spacial score (nSPS) is 10.6. The molecule has 0 atom stereocenters. The van der Waals surface area contributed by atoms with Gasteiger partial charge in [0.05, 0.1) is 24.2 Å². The Morgan fingerprint density at radius 2 is 1.87 bits per heavy atom. The van der Waals surface area contributed by atoms with Gasteiger partial charge in [-0.2, -0.15) is 4.98 Å². The molecule has 0 fully saturated rings. The summed E-state index contributed by atoms with van der Waals surface area (Å²) in [6.07, 6.45) is 0. The molecular weight excluding hydrogens is 320 g/mol. The van der Waals surface area contributed by atoms with Crippen LogP contribution in [0.2, 0.25) is 0 Å². The van der Waals surface area contributed by atoms with Gasteiger partial charge >= 0.3 is 5.69 Å². The second-order valence-electron chi connectivity index (χ2n) is 4.55. The number of hydrogen-bond acceptors (Lipinski definition) is 4. The fourth-order valence-corrected chi connectivity index (χ4v) is 2.48. The first-order chi connectivity index (χ1) is 11.1. The highest BCUT2D eigenvalue weighted by atomic mass is 35.5. The number of rotatable bonds is 2. The molecule has 0 radical (unpaired) electrons. The van der Waals surface area contributed by atoms with E-state index < -0.39 is 11.2 Å². The summed E-state index contributed by atoms with van der Waals surface area (Å²) in [6.45, 7) is 14.6. The summed E-state index contributed by atoms with van der Waals surface area (Å²) < 4.78 is 1.56. The van der Waals surface area contributed by atoms with Crippen molar-refractivity contribution in [1.29, 1.82) is 0 Å². The van der Waals surface area contributed by atoms with Crippen LogP contribution in [0.1, 0.15) is 0 Å². The molecule has 23 heavy (non-hydrogen) atoms. The summed E-state index contributed by atoms with van der Waals surface area (Å²) in [5.41, 5.74) is -0.334. The van der Waals surface area contributed by atoms with E-state index in [1.807, 2.05) is 0 Å². The number of aryl methyl sites for hydroxylation is 1. The Labute approximate surface area is 134 Å². The van der Waals surface area contributed by atoms with E-state index in [9.17, 15) is 9.59 Å². The zero-order chi connectivity index (χ0) is 16.6. The molecule has 1 aromatic rings. The highest BCUT2D eigenvalue weighted by Crippen LogP contribution is 2.33. The molecule has 1 N–H and O–H groups in total. The zero-order valence-corrected chi connectivity index (χ0v) is 12.3. The topological polar surface area (TPSA) is 89.4 Å². The van der Waals surface area contributed by atoms with Crippen molar-refractivity contribution in [2.75, 3.05) is 5.88 Å². The number of halogens is 1. The summed E-state index contributed by atoms with van der Waals surface area (Å²) >= 11 is 5.81. The molecule has 1 aromatic carbocycles. The van der Waals surface area contributed by atoms with Gasteiger partial charge in [-0.3, -0.25) is 19.5 Å². The molecular formula is C14H7ClN6O2. The third kappa shape index (κ3) is 2.31. The molecule has 0 spiro atoms. The standard InChI is InChI=1S/C14H7ClN6O2/c1-16-7-5-9-10(6-8(7)17-2)21(4-3-15)12-11(18-9)13(22)20-14(23)19-12/h5-6H,3-4H2,(H,20,22,23). The van der Waals surface area contributed by atoms with Gasteiger partial charge in [0.25, 0.3) is 5.56 Å². The van der Waals surface area contributed by atoms with E-state index in [0.29, 0.717) is 11.0 Å². The average molecular weight is 327 g/mol. The highest BCUT2D eigenvalue weighted by Gasteiger charge is 2.19. The number of aromatic nitrogens is 4. The molecule has 0 saturated heterocycles. The SMILES string of the molecule is [C-]#[N+]c1cc2nc3c(=O)[nH]c(=O)nc-3n(CCCl)c2cc1[N+]#[C-]. The maximum atomic E-state index is 12.0. The fraction of sp³-hybridized carbons (Fsp3) is 0.143. The number of fused-ring (bicyclic) bond motifs is 2. The van der Waals surface area contributed by atoms with E-state index in [1.165, 1.54) is 12.1 Å². The summed E-state index contributed by atoms with van der Waals surface area (Å²) in [4.78, 5) is 40.1. The van der Waals surface area contributed by atoms with Crippen molar-refractivity contribution in [2.45, 2.75) is 6.54 Å². The molecule has 112 valence electrons. The third-order valence-electron chi connectivity index (χ3n) is 3.25. The Hall–Kier alpha value is -3.23. The molecule has 0 unspecified atom stereocenters. The molecule has 2 aliphatic heterocycles. The Kier molecular flexibility index (Phi) is 3.53. The van der Waals surface area contributed by atoms with Crippen molar-refractivity contribution < 1.29 is 0 Å². The lowest BCUT2D eigenvalue weighted by Gasteiger charge is -2.16. The van der Waals surface area contributed by atoms with Crippen LogP contribution < -0.4 is 11.2 Å². The monoisotopic (exact) mass is 326 g/mol. The zero-order valence-electron chi connectivity index (χ0n) is 11.5. The van der Waals surface area contributed by atoms with Crippen LogP contribution in [0.25, 0.3) is 32.2 Å². The summed E-state index contributed by atoms with van der Waals surface area (Å²) in [6, 6.07) is 2.92. The van der Waals surface area contributed by atoms with Crippen LogP contribution in [0.3, 0.4) is 0 Å². The van der Waals surface area contributed by atoms with Crippen LogP contribution >= 0.6 is 11.6 Å². The molecule has 3 rings (SSSR count). The summed E-state index contributed by atoms with van der Waals surface area (Å²) in [5.74, 6) is 0.304. The van der Waals surface area contributed by atoms with Gasteiger partial charge in [0.2, 0.25) is 0 Å². The maximum Gasteiger partial charge on any atom is 0.349 e. The molecule has 2 heterocycles. The van der Waals surface area contributed by atoms with Gasteiger partial charge < -0.3 is 4.57 Å². The smallest absolute Gasteiger partial charge is 0.322 e. The predicted molar refractivity (Wildman–Crippen MR) is 84.3 cm³/mol. The van der Waals surface area contributed by atoms with Crippen LogP contribution in [0.15, 0.2) is 21.7 Å². The van der Waals surface area contributed by atoms with E-state index >= 15 is 0 Å². The Morgan fingerprint density at radius 1 is 1.17 bits per heavy atom. The Balaban J connectivity index is 2.57. The number of benzene rings is 1. The van der Waals surface area contributed by atoms with Crippen molar-refractivity contribution in [2.24, 2.45) is 0 Å². The van der Waals surface area contributed by atoms with E-state index in [4.69, 9.17) is 24.7 Å². The number of nitrogens with one attached hydrogen (secondary N) is 1. The third-order valence-corrected chi connectivity index (χ3v) is 3.42. The molecule has 0 amide bonds. The molecule has 9 heteroatoms. The number of hydrogen-bond donors (Lipinski definition) is 1. The van der Waals surface area contributed by atoms with Crippen LogP contribution in [-0.2, 0) is 6.54 Å². The lowest BCUT2D eigenvalue weighted by molar-refractivity contribution is 0.765. The van der Waals surface area contributed by atoms with Crippen molar-refractivity contribution >= 4 is 34.0 Å². The van der Waals surface area contributed by atoms with Crippen molar-refractivity contribution in [3.05, 3.63) is 55.8 Å². The minimum atomic E-state index is -0.782. The lowest BCUT2D eigenvalue weighted by Crippen LogP contribution is -2.29. The molecule has 0 aromatic heterocycles. The predicted octanol–water partition coefficient (Wildman–Crippen LogP) is 1.92. The van der Waals surface area contributed by atoms with Crippen LogP contribution in [-0.4, -0.2) is 25.4 Å². The molecule has 8 nitrogen and oxygen atoms in total. The molecule has 2 aliphatic rings. The number of alkyl halides is 1. The second kappa shape index (κ2) is 5.52. The average Bonchev–Trinajstić information content (AvgIpc) is 2.54. The van der Waals surface area contributed by atoms with Gasteiger partial charge in [0.15, 0.2) is 22.9 Å². The highest BCUT2D eigenvalue weighted by molar-refractivity contribution is 6.17. The van der Waals surface area contributed by atoms with Gasteiger partial charge in [-0.05, 0) is 12.1 Å². The van der Waals surface area contributed by atoms with Gasteiger partial charge in [0.1, 0.15) is 0 Å². The molecule has 0 saturated carbocycles. The minimum Gasteiger partial charge on any atom is -0.322 e. The van der Waals surface area contributed by atoms with E-state index in [1.54, 1.807) is 4.57 Å². The maximum absolute atomic E-state index is 12.0. The second-order valence-corrected chi connectivity index (χ2v) is 4.93. The van der Waals surface area contributed by atoms with Crippen molar-refractivity contribution in [1.82, 2.24) is 19.5 Å². The summed E-state index contributed by atoms with van der Waals surface area (Å²) in [5, 5.41) is 0.